The highest BCUT2D eigenvalue weighted by Gasteiger charge is 2.32. The molecule has 2 amide bonds. The lowest BCUT2D eigenvalue weighted by Crippen LogP contribution is -2.50. The minimum Gasteiger partial charge on any atom is -0.331 e. The third-order valence-corrected chi connectivity index (χ3v) is 5.24. The zero-order chi connectivity index (χ0) is 19.2. The molecule has 7 heteroatoms. The van der Waals surface area contributed by atoms with Gasteiger partial charge in [-0.05, 0) is 61.6 Å². The number of aryl methyl sites for hydroxylation is 1. The van der Waals surface area contributed by atoms with Crippen molar-refractivity contribution in [1.82, 2.24) is 9.88 Å². The van der Waals surface area contributed by atoms with E-state index in [-0.39, 0.29) is 11.8 Å². The first-order valence-corrected chi connectivity index (χ1v) is 9.74. The Morgan fingerprint density at radius 2 is 1.93 bits per heavy atom. The van der Waals surface area contributed by atoms with Crippen LogP contribution in [-0.4, -0.2) is 34.3 Å². The number of nitrogens with zero attached hydrogens (tertiary/aromatic N) is 2. The van der Waals surface area contributed by atoms with Gasteiger partial charge in [-0.1, -0.05) is 23.2 Å². The smallest absolute Gasteiger partial charge is 0.247 e. The van der Waals surface area contributed by atoms with Crippen molar-refractivity contribution in [2.75, 3.05) is 11.9 Å². The molecule has 5 nitrogen and oxygen atoms in total. The first kappa shape index (κ1) is 19.6. The highest BCUT2D eigenvalue weighted by atomic mass is 35.5. The van der Waals surface area contributed by atoms with E-state index in [1.54, 1.807) is 35.5 Å². The Labute approximate surface area is 168 Å². The molecular weight excluding hydrogens is 385 g/mol. The highest BCUT2D eigenvalue weighted by molar-refractivity contribution is 6.36. The van der Waals surface area contributed by atoms with Crippen LogP contribution < -0.4 is 5.32 Å². The van der Waals surface area contributed by atoms with Crippen LogP contribution in [0.4, 0.5) is 5.69 Å². The minimum atomic E-state index is -0.476. The Hall–Kier alpha value is -2.11. The number of aromatic nitrogens is 1. The zero-order valence-corrected chi connectivity index (χ0v) is 16.3. The molecule has 1 aliphatic rings. The number of benzene rings is 1. The van der Waals surface area contributed by atoms with E-state index in [0.29, 0.717) is 41.5 Å². The minimum absolute atomic E-state index is 0.00568. The largest absolute Gasteiger partial charge is 0.331 e. The Balaban J connectivity index is 1.65. The molecule has 142 valence electrons. The van der Waals surface area contributed by atoms with E-state index in [1.165, 1.54) is 0 Å². The molecule has 1 atom stereocenters. The molecule has 0 spiro atoms. The van der Waals surface area contributed by atoms with Gasteiger partial charge >= 0.3 is 0 Å². The molecular formula is C20H21Cl2N3O2. The molecule has 3 rings (SSSR count). The average Bonchev–Trinajstić information content (AvgIpc) is 2.69. The second-order valence-electron chi connectivity index (χ2n) is 6.57. The van der Waals surface area contributed by atoms with Crippen molar-refractivity contribution in [3.05, 3.63) is 58.3 Å². The first-order valence-electron chi connectivity index (χ1n) is 8.99. The van der Waals surface area contributed by atoms with Crippen molar-refractivity contribution in [3.63, 3.8) is 0 Å². The maximum atomic E-state index is 12.8. The van der Waals surface area contributed by atoms with Gasteiger partial charge in [-0.2, -0.15) is 0 Å². The molecule has 1 aliphatic heterocycles. The number of amides is 2. The Morgan fingerprint density at radius 3 is 2.67 bits per heavy atom. The summed E-state index contributed by atoms with van der Waals surface area (Å²) in [6.07, 6.45) is 6.91. The van der Waals surface area contributed by atoms with Crippen LogP contribution in [0.5, 0.6) is 0 Å². The monoisotopic (exact) mass is 405 g/mol. The molecule has 2 aromatic rings. The molecule has 0 radical (unpaired) electrons. The summed E-state index contributed by atoms with van der Waals surface area (Å²) in [6, 6.07) is 8.24. The van der Waals surface area contributed by atoms with E-state index in [4.69, 9.17) is 23.2 Å². The second-order valence-corrected chi connectivity index (χ2v) is 7.41. The predicted octanol–water partition coefficient (Wildman–Crippen LogP) is 4.34. The van der Waals surface area contributed by atoms with E-state index in [9.17, 15) is 9.59 Å². The number of carbonyl (C=O) groups is 2. The van der Waals surface area contributed by atoms with Gasteiger partial charge in [-0.25, -0.2) is 0 Å². The lowest BCUT2D eigenvalue weighted by atomic mass is 10.00. The third kappa shape index (κ3) is 5.21. The molecule has 1 fully saturated rings. The SMILES string of the molecule is O=C(Nc1ccc(Cl)cc1Cl)C1CCCCN1C(=O)CCc1ccncc1. The molecule has 1 unspecified atom stereocenters. The normalized spacial score (nSPS) is 16.8. The van der Waals surface area contributed by atoms with Crippen LogP contribution in [0.2, 0.25) is 10.0 Å². The maximum absolute atomic E-state index is 12.8. The van der Waals surface area contributed by atoms with Gasteiger partial charge in [0.2, 0.25) is 11.8 Å². The summed E-state index contributed by atoms with van der Waals surface area (Å²) >= 11 is 12.0. The van der Waals surface area contributed by atoms with Gasteiger partial charge < -0.3 is 10.2 Å². The number of hydrogen-bond acceptors (Lipinski definition) is 3. The Morgan fingerprint density at radius 1 is 1.15 bits per heavy atom. The summed E-state index contributed by atoms with van der Waals surface area (Å²) in [4.78, 5) is 31.2. The van der Waals surface area contributed by atoms with E-state index in [1.807, 2.05) is 12.1 Å². The van der Waals surface area contributed by atoms with Crippen LogP contribution >= 0.6 is 23.2 Å². The van der Waals surface area contributed by atoms with Crippen molar-refractivity contribution in [1.29, 1.82) is 0 Å². The molecule has 0 bridgehead atoms. The van der Waals surface area contributed by atoms with Crippen molar-refractivity contribution in [3.8, 4) is 0 Å². The third-order valence-electron chi connectivity index (χ3n) is 4.69. The van der Waals surface area contributed by atoms with E-state index in [0.717, 1.165) is 18.4 Å². The topological polar surface area (TPSA) is 62.3 Å². The van der Waals surface area contributed by atoms with Crippen molar-refractivity contribution < 1.29 is 9.59 Å². The van der Waals surface area contributed by atoms with Gasteiger partial charge in [0.05, 0.1) is 10.7 Å². The van der Waals surface area contributed by atoms with Crippen LogP contribution in [0.15, 0.2) is 42.7 Å². The van der Waals surface area contributed by atoms with Crippen molar-refractivity contribution >= 4 is 40.7 Å². The van der Waals surface area contributed by atoms with Gasteiger partial charge in [0.1, 0.15) is 6.04 Å². The average molecular weight is 406 g/mol. The second kappa shape index (κ2) is 9.20. The standard InChI is InChI=1S/C20H21Cl2N3O2/c21-15-5-6-17(16(22)13-15)24-20(27)18-3-1-2-12-25(18)19(26)7-4-14-8-10-23-11-9-14/h5-6,8-11,13,18H,1-4,7,12H2,(H,24,27). The molecule has 1 aromatic heterocycles. The molecule has 1 N–H and O–H groups in total. The summed E-state index contributed by atoms with van der Waals surface area (Å²) in [5, 5.41) is 3.71. The number of pyridine rings is 1. The lowest BCUT2D eigenvalue weighted by Gasteiger charge is -2.35. The van der Waals surface area contributed by atoms with Crippen LogP contribution in [0.3, 0.4) is 0 Å². The van der Waals surface area contributed by atoms with Crippen molar-refractivity contribution in [2.45, 2.75) is 38.1 Å². The van der Waals surface area contributed by atoms with Gasteiger partial charge in [0.25, 0.3) is 0 Å². The molecule has 0 aliphatic carbocycles. The number of halogens is 2. The summed E-state index contributed by atoms with van der Waals surface area (Å²) in [5.74, 6) is -0.218. The molecule has 2 heterocycles. The van der Waals surface area contributed by atoms with Gasteiger partial charge in [-0.15, -0.1) is 0 Å². The highest BCUT2D eigenvalue weighted by Crippen LogP contribution is 2.27. The Kier molecular flexibility index (Phi) is 6.69. The molecule has 27 heavy (non-hydrogen) atoms. The number of hydrogen-bond donors (Lipinski definition) is 1. The summed E-state index contributed by atoms with van der Waals surface area (Å²) < 4.78 is 0. The summed E-state index contributed by atoms with van der Waals surface area (Å²) in [6.45, 7) is 0.599. The quantitative estimate of drug-likeness (QED) is 0.804. The fourth-order valence-electron chi connectivity index (χ4n) is 3.25. The van der Waals surface area contributed by atoms with Crippen LogP contribution in [0.25, 0.3) is 0 Å². The number of carbonyl (C=O) groups excluding carboxylic acids is 2. The van der Waals surface area contributed by atoms with E-state index in [2.05, 4.69) is 10.3 Å². The number of anilines is 1. The fourth-order valence-corrected chi connectivity index (χ4v) is 3.71. The van der Waals surface area contributed by atoms with Gasteiger partial charge in [0, 0.05) is 30.4 Å². The van der Waals surface area contributed by atoms with Gasteiger partial charge in [-0.3, -0.25) is 14.6 Å². The summed E-state index contributed by atoms with van der Waals surface area (Å²) in [7, 11) is 0. The number of nitrogens with one attached hydrogen (secondary N) is 1. The van der Waals surface area contributed by atoms with Crippen LogP contribution in [-0.2, 0) is 16.0 Å². The molecule has 1 saturated heterocycles. The Bertz CT molecular complexity index is 814. The van der Waals surface area contributed by atoms with Crippen molar-refractivity contribution in [2.24, 2.45) is 0 Å². The molecule has 1 aromatic carbocycles. The van der Waals surface area contributed by atoms with E-state index < -0.39 is 6.04 Å². The number of rotatable bonds is 5. The zero-order valence-electron chi connectivity index (χ0n) is 14.8. The fraction of sp³-hybridized carbons (Fsp3) is 0.350. The molecule has 0 saturated carbocycles. The van der Waals surface area contributed by atoms with Gasteiger partial charge in [0.15, 0.2) is 0 Å². The number of likely N-dealkylation sites (tertiary alicyclic amines) is 1. The maximum Gasteiger partial charge on any atom is 0.247 e. The summed E-state index contributed by atoms with van der Waals surface area (Å²) in [5.41, 5.74) is 1.56. The lowest BCUT2D eigenvalue weighted by molar-refractivity contribution is -0.140. The van der Waals surface area contributed by atoms with Crippen LogP contribution in [0, 0.1) is 0 Å². The number of piperidine rings is 1. The van der Waals surface area contributed by atoms with E-state index >= 15 is 0 Å². The predicted molar refractivity (Wildman–Crippen MR) is 107 cm³/mol. The van der Waals surface area contributed by atoms with Crippen LogP contribution in [0.1, 0.15) is 31.2 Å². The first-order chi connectivity index (χ1) is 13.0.